The van der Waals surface area contributed by atoms with E-state index in [9.17, 15) is 4.79 Å². The summed E-state index contributed by atoms with van der Waals surface area (Å²) in [4.78, 5) is 23.9. The van der Waals surface area contributed by atoms with E-state index in [0.29, 0.717) is 64.1 Å². The predicted octanol–water partition coefficient (Wildman–Crippen LogP) is 5.58. The zero-order valence-corrected chi connectivity index (χ0v) is 24.9. The SMILES string of the molecule is COCCN(C)C(=O)c1ccc(-c2cccc(COc3cc(OC)cc4oc(-c5cn6nc(OC)sc6n5)cc34)c2)cn1. The summed E-state index contributed by atoms with van der Waals surface area (Å²) in [6.07, 6.45) is 3.51. The van der Waals surface area contributed by atoms with E-state index in [2.05, 4.69) is 15.1 Å². The highest BCUT2D eigenvalue weighted by molar-refractivity contribution is 7.18. The number of ether oxygens (including phenoxy) is 4. The summed E-state index contributed by atoms with van der Waals surface area (Å²) in [5, 5.41) is 5.67. The Morgan fingerprint density at radius 1 is 1.05 bits per heavy atom. The topological polar surface area (TPSA) is 113 Å². The normalized spacial score (nSPS) is 11.3. The zero-order valence-electron chi connectivity index (χ0n) is 24.1. The first-order chi connectivity index (χ1) is 20.9. The van der Waals surface area contributed by atoms with E-state index in [0.717, 1.165) is 22.1 Å². The lowest BCUT2D eigenvalue weighted by atomic mass is 10.0. The van der Waals surface area contributed by atoms with Crippen LogP contribution in [0.15, 0.2) is 71.4 Å². The molecule has 0 radical (unpaired) electrons. The summed E-state index contributed by atoms with van der Waals surface area (Å²) in [6.45, 7) is 1.28. The van der Waals surface area contributed by atoms with Gasteiger partial charge in [-0.2, -0.15) is 0 Å². The van der Waals surface area contributed by atoms with Crippen molar-refractivity contribution in [1.29, 1.82) is 0 Å². The van der Waals surface area contributed by atoms with Crippen LogP contribution in [0, 0.1) is 0 Å². The van der Waals surface area contributed by atoms with Gasteiger partial charge >= 0.3 is 0 Å². The highest BCUT2D eigenvalue weighted by Gasteiger charge is 2.18. The van der Waals surface area contributed by atoms with Crippen molar-refractivity contribution >= 4 is 33.2 Å². The van der Waals surface area contributed by atoms with Gasteiger partial charge in [0.25, 0.3) is 11.1 Å². The summed E-state index contributed by atoms with van der Waals surface area (Å²) < 4.78 is 29.9. The number of pyridine rings is 1. The Balaban J connectivity index is 1.21. The Morgan fingerprint density at radius 3 is 2.67 bits per heavy atom. The number of rotatable bonds is 11. The van der Waals surface area contributed by atoms with E-state index >= 15 is 0 Å². The van der Waals surface area contributed by atoms with Crippen LogP contribution in [0.4, 0.5) is 0 Å². The second-order valence-electron chi connectivity index (χ2n) is 9.71. The van der Waals surface area contributed by atoms with Gasteiger partial charge in [0.2, 0.25) is 4.96 Å². The van der Waals surface area contributed by atoms with Crippen molar-refractivity contribution in [3.05, 3.63) is 78.2 Å². The molecule has 0 saturated carbocycles. The van der Waals surface area contributed by atoms with Crippen LogP contribution in [0.5, 0.6) is 16.7 Å². The van der Waals surface area contributed by atoms with Gasteiger partial charge in [0.1, 0.15) is 35.1 Å². The molecule has 0 bridgehead atoms. The molecule has 4 heterocycles. The summed E-state index contributed by atoms with van der Waals surface area (Å²) in [5.41, 5.74) is 4.48. The molecular formula is C31H29N5O6S. The molecule has 0 unspecified atom stereocenters. The Hall–Kier alpha value is -4.94. The molecule has 43 heavy (non-hydrogen) atoms. The molecule has 11 nitrogen and oxygen atoms in total. The van der Waals surface area contributed by atoms with Crippen LogP contribution in [-0.2, 0) is 11.3 Å². The molecule has 1 amide bonds. The lowest BCUT2D eigenvalue weighted by Gasteiger charge is -2.16. The lowest BCUT2D eigenvalue weighted by Crippen LogP contribution is -2.30. The van der Waals surface area contributed by atoms with Crippen molar-refractivity contribution in [3.8, 4) is 39.3 Å². The number of hydrogen-bond acceptors (Lipinski definition) is 10. The van der Waals surface area contributed by atoms with Crippen molar-refractivity contribution in [2.45, 2.75) is 6.61 Å². The molecule has 6 rings (SSSR count). The first-order valence-electron chi connectivity index (χ1n) is 13.4. The third kappa shape index (κ3) is 5.87. The Labute approximate surface area is 251 Å². The minimum atomic E-state index is -0.151. The number of carbonyl (C=O) groups excluding carboxylic acids is 1. The largest absolute Gasteiger partial charge is 0.496 e. The van der Waals surface area contributed by atoms with Crippen LogP contribution >= 0.6 is 11.3 Å². The molecule has 0 fully saturated rings. The molecule has 2 aromatic carbocycles. The summed E-state index contributed by atoms with van der Waals surface area (Å²) in [5.74, 6) is 1.68. The molecule has 0 aliphatic heterocycles. The monoisotopic (exact) mass is 599 g/mol. The van der Waals surface area contributed by atoms with Gasteiger partial charge in [0, 0.05) is 44.6 Å². The van der Waals surface area contributed by atoms with Crippen molar-refractivity contribution in [1.82, 2.24) is 24.5 Å². The molecular weight excluding hydrogens is 570 g/mol. The molecule has 0 N–H and O–H groups in total. The van der Waals surface area contributed by atoms with E-state index in [1.165, 1.54) is 11.3 Å². The van der Waals surface area contributed by atoms with E-state index in [1.807, 2.05) is 48.5 Å². The van der Waals surface area contributed by atoms with Crippen molar-refractivity contribution < 1.29 is 28.2 Å². The maximum absolute atomic E-state index is 12.6. The fraction of sp³-hybridized carbons (Fsp3) is 0.226. The number of fused-ring (bicyclic) bond motifs is 2. The van der Waals surface area contributed by atoms with E-state index in [1.54, 1.807) is 56.3 Å². The molecule has 0 atom stereocenters. The highest BCUT2D eigenvalue weighted by Crippen LogP contribution is 2.37. The van der Waals surface area contributed by atoms with Crippen LogP contribution in [0.1, 0.15) is 16.1 Å². The number of carbonyl (C=O) groups is 1. The zero-order chi connectivity index (χ0) is 29.9. The summed E-state index contributed by atoms with van der Waals surface area (Å²) in [6, 6.07) is 17.2. The van der Waals surface area contributed by atoms with Gasteiger partial charge in [-0.25, -0.2) is 9.50 Å². The number of aromatic nitrogens is 4. The molecule has 220 valence electrons. The van der Waals surface area contributed by atoms with E-state index in [-0.39, 0.29) is 5.91 Å². The van der Waals surface area contributed by atoms with Crippen molar-refractivity contribution in [2.75, 3.05) is 41.5 Å². The van der Waals surface area contributed by atoms with Crippen molar-refractivity contribution in [2.24, 2.45) is 0 Å². The first kappa shape index (κ1) is 28.2. The quantitative estimate of drug-likeness (QED) is 0.188. The van der Waals surface area contributed by atoms with Crippen LogP contribution in [0.3, 0.4) is 0 Å². The van der Waals surface area contributed by atoms with Crippen LogP contribution < -0.4 is 14.2 Å². The van der Waals surface area contributed by atoms with Gasteiger partial charge in [-0.1, -0.05) is 24.3 Å². The number of benzene rings is 2. The fourth-order valence-electron chi connectivity index (χ4n) is 4.55. The molecule has 0 aliphatic carbocycles. The second-order valence-corrected chi connectivity index (χ2v) is 10.6. The number of amides is 1. The van der Waals surface area contributed by atoms with Crippen molar-refractivity contribution in [3.63, 3.8) is 0 Å². The number of likely N-dealkylation sites (N-methyl/N-ethyl adjacent to an activating group) is 1. The maximum Gasteiger partial charge on any atom is 0.294 e. The number of imidazole rings is 1. The minimum Gasteiger partial charge on any atom is -0.496 e. The number of nitrogens with zero attached hydrogens (tertiary/aromatic N) is 5. The van der Waals surface area contributed by atoms with Gasteiger partial charge in [0.15, 0.2) is 5.76 Å². The smallest absolute Gasteiger partial charge is 0.294 e. The van der Waals surface area contributed by atoms with Gasteiger partial charge < -0.3 is 28.3 Å². The number of furan rings is 1. The first-order valence-corrected chi connectivity index (χ1v) is 14.2. The maximum atomic E-state index is 12.6. The average Bonchev–Trinajstić information content (AvgIpc) is 3.75. The third-order valence-corrected chi connectivity index (χ3v) is 7.76. The van der Waals surface area contributed by atoms with Gasteiger partial charge in [-0.15, -0.1) is 5.10 Å². The van der Waals surface area contributed by atoms with Crippen LogP contribution in [0.25, 0.3) is 38.5 Å². The molecule has 0 aliphatic rings. The highest BCUT2D eigenvalue weighted by atomic mass is 32.1. The molecule has 12 heteroatoms. The van der Waals surface area contributed by atoms with E-state index in [4.69, 9.17) is 23.4 Å². The fourth-order valence-corrected chi connectivity index (χ4v) is 5.25. The Morgan fingerprint density at radius 2 is 1.93 bits per heavy atom. The molecule has 4 aromatic heterocycles. The third-order valence-electron chi connectivity index (χ3n) is 6.88. The standard InChI is InChI=1S/C31H29N5O6S/c1-35(10-11-38-2)29(37)24-9-8-21(16-32-24)20-7-5-6-19(12-20)18-41-26-13-22(39-3)14-27-23(26)15-28(42-27)25-17-36-30(33-25)43-31(34-36)40-4/h5-9,12-17H,10-11,18H2,1-4H3. The molecule has 0 spiro atoms. The van der Waals surface area contributed by atoms with Gasteiger partial charge in [-0.05, 0) is 40.7 Å². The van der Waals surface area contributed by atoms with Gasteiger partial charge in [-0.3, -0.25) is 9.78 Å². The summed E-state index contributed by atoms with van der Waals surface area (Å²) in [7, 11) is 6.52. The Kier molecular flexibility index (Phi) is 7.95. The average molecular weight is 600 g/mol. The number of hydrogen-bond donors (Lipinski definition) is 0. The Bertz CT molecular complexity index is 1860. The molecule has 6 aromatic rings. The predicted molar refractivity (Wildman–Crippen MR) is 162 cm³/mol. The van der Waals surface area contributed by atoms with Crippen LogP contribution in [0.2, 0.25) is 0 Å². The number of methoxy groups -OCH3 is 3. The minimum absolute atomic E-state index is 0.151. The van der Waals surface area contributed by atoms with Crippen LogP contribution in [-0.4, -0.2) is 71.9 Å². The lowest BCUT2D eigenvalue weighted by molar-refractivity contribution is 0.0738. The second kappa shape index (κ2) is 12.1. The van der Waals surface area contributed by atoms with Gasteiger partial charge in [0.05, 0.1) is 32.4 Å². The van der Waals surface area contributed by atoms with E-state index < -0.39 is 0 Å². The molecule has 0 saturated heterocycles. The summed E-state index contributed by atoms with van der Waals surface area (Å²) >= 11 is 1.35.